The number of hydrogen-bond donors (Lipinski definition) is 0. The Bertz CT molecular complexity index is 409. The van der Waals surface area contributed by atoms with Gasteiger partial charge in [0.25, 0.3) is 0 Å². The molecular weight excluding hydrogens is 464 g/mol. The summed E-state index contributed by atoms with van der Waals surface area (Å²) in [4.78, 5) is 0. The molecule has 0 saturated carbocycles. The van der Waals surface area contributed by atoms with E-state index < -0.39 is 14.5 Å². The summed E-state index contributed by atoms with van der Waals surface area (Å²) in [5, 5.41) is 1.89. The lowest BCUT2D eigenvalue weighted by molar-refractivity contribution is 0.366. The summed E-state index contributed by atoms with van der Waals surface area (Å²) in [6.07, 6.45) is 4.29. The zero-order valence-electron chi connectivity index (χ0n) is 23.2. The van der Waals surface area contributed by atoms with Crippen molar-refractivity contribution in [3.8, 4) is 0 Å². The maximum atomic E-state index is 9.75. The predicted octanol–water partition coefficient (Wildman–Crippen LogP) is 10.4. The first-order valence-corrected chi connectivity index (χ1v) is 13.3. The number of rotatable bonds is 4. The van der Waals surface area contributed by atoms with Gasteiger partial charge in [0.15, 0.2) is 0 Å². The summed E-state index contributed by atoms with van der Waals surface area (Å²) in [5.41, 5.74) is 0. The Morgan fingerprint density at radius 3 is 0.677 bits per heavy atom. The highest BCUT2D eigenvalue weighted by molar-refractivity contribution is 7.61. The van der Waals surface area contributed by atoms with Crippen molar-refractivity contribution in [2.45, 2.75) is 110 Å². The molecule has 0 aliphatic heterocycles. The van der Waals surface area contributed by atoms with E-state index in [0.29, 0.717) is 20.6 Å². The highest BCUT2D eigenvalue weighted by Crippen LogP contribution is 2.62. The van der Waals surface area contributed by atoms with Crippen LogP contribution in [0.3, 0.4) is 0 Å². The lowest BCUT2D eigenvalue weighted by atomic mass is 10.2. The van der Waals surface area contributed by atoms with E-state index in [9.17, 15) is 34.5 Å². The molecule has 192 valence electrons. The van der Waals surface area contributed by atoms with Gasteiger partial charge in [0.1, 0.15) is 0 Å². The molecule has 0 fully saturated rings. The van der Waals surface area contributed by atoms with Crippen molar-refractivity contribution in [2.24, 2.45) is 0 Å². The van der Waals surface area contributed by atoms with Crippen LogP contribution in [0.5, 0.6) is 0 Å². The third kappa shape index (κ3) is 26.6. The molecule has 0 rings (SSSR count). The van der Waals surface area contributed by atoms with Gasteiger partial charge >= 0.3 is 17.4 Å². The molecule has 0 radical (unpaired) electrons. The monoisotopic (exact) mass is 508 g/mol. The topological polar surface area (TPSA) is 0 Å². The molecule has 0 aromatic carbocycles. The van der Waals surface area contributed by atoms with E-state index in [2.05, 4.69) is 83.1 Å². The molecule has 12 heteroatoms. The molecule has 0 aliphatic rings. The van der Waals surface area contributed by atoms with Gasteiger partial charge in [0.2, 0.25) is 0 Å². The van der Waals surface area contributed by atoms with Crippen molar-refractivity contribution in [1.29, 1.82) is 0 Å². The first kappa shape index (κ1) is 36.0. The standard InChI is InChI=1S/C19H42P2.2BF4/c1-16(2,3)20(17(4,5)6)14-13-15-21(18(7,8)9)19(10,11)12;2*2-1(3,4)5/h13-15H2,1-12H3;;/q;2*-1/p+2. The van der Waals surface area contributed by atoms with E-state index in [1.54, 1.807) is 0 Å². The Morgan fingerprint density at radius 2 is 0.581 bits per heavy atom. The smallest absolute Gasteiger partial charge is 0.418 e. The molecule has 31 heavy (non-hydrogen) atoms. The fourth-order valence-electron chi connectivity index (χ4n) is 3.74. The van der Waals surface area contributed by atoms with Gasteiger partial charge in [-0.25, -0.2) is 0 Å². The number of hydrogen-bond acceptors (Lipinski definition) is 0. The molecule has 0 bridgehead atoms. The van der Waals surface area contributed by atoms with Gasteiger partial charge < -0.3 is 34.5 Å². The van der Waals surface area contributed by atoms with Crippen molar-refractivity contribution < 1.29 is 37.4 Å². The number of halogens is 8. The largest absolute Gasteiger partial charge is 1.00 e. The van der Waals surface area contributed by atoms with Crippen LogP contribution >= 0.6 is 15.8 Å². The van der Waals surface area contributed by atoms with Crippen LogP contribution in [0.4, 0.5) is 34.5 Å². The summed E-state index contributed by atoms with van der Waals surface area (Å²) >= 11 is 0. The zero-order chi connectivity index (χ0) is 26.3. The Kier molecular flexibility index (Phi) is 14.8. The molecule has 0 nitrogen and oxygen atoms in total. The fourth-order valence-corrected chi connectivity index (χ4v) is 11.6. The maximum Gasteiger partial charge on any atom is 1.00 e. The van der Waals surface area contributed by atoms with Crippen LogP contribution < -0.4 is 0 Å². The second-order valence-electron chi connectivity index (χ2n) is 11.3. The highest BCUT2D eigenvalue weighted by Gasteiger charge is 2.36. The summed E-state index contributed by atoms with van der Waals surface area (Å²) < 4.78 is 78.0. The lowest BCUT2D eigenvalue weighted by Crippen LogP contribution is -2.29. The second kappa shape index (κ2) is 12.8. The third-order valence-electron chi connectivity index (χ3n) is 4.00. The summed E-state index contributed by atoms with van der Waals surface area (Å²) in [6.45, 7) is 29.3. The molecule has 0 spiro atoms. The lowest BCUT2D eigenvalue weighted by Gasteiger charge is -2.44. The second-order valence-corrected chi connectivity index (χ2v) is 19.3. The molecule has 0 aromatic heterocycles. The molecular formula is C19H44B2F8P2. The molecule has 0 heterocycles. The van der Waals surface area contributed by atoms with E-state index in [1.807, 2.05) is 0 Å². The minimum Gasteiger partial charge on any atom is -0.418 e. The Hall–Kier alpha value is 0.430. The van der Waals surface area contributed by atoms with Crippen molar-refractivity contribution in [2.75, 3.05) is 12.3 Å². The average Bonchev–Trinajstić information content (AvgIpc) is 2.26. The van der Waals surface area contributed by atoms with E-state index in [4.69, 9.17) is 0 Å². The molecule has 0 saturated heterocycles. The van der Waals surface area contributed by atoms with Crippen LogP contribution in [0, 0.1) is 0 Å². The van der Waals surface area contributed by atoms with E-state index in [-0.39, 0.29) is 18.7 Å². The van der Waals surface area contributed by atoms with Crippen LogP contribution in [0.1, 0.15) is 92.4 Å². The van der Waals surface area contributed by atoms with Gasteiger partial charge in [-0.1, -0.05) is 98.9 Å². The maximum absolute atomic E-state index is 9.75. The van der Waals surface area contributed by atoms with Crippen LogP contribution in [-0.2, 0) is 0 Å². The van der Waals surface area contributed by atoms with Gasteiger partial charge in [0, 0.05) is 0 Å². The Labute approximate surface area is 190 Å². The molecule has 0 atom stereocenters. The minimum absolute atomic E-state index is 0. The van der Waals surface area contributed by atoms with Crippen LogP contribution in [0.25, 0.3) is 0 Å². The molecule has 0 amide bonds. The third-order valence-corrected chi connectivity index (χ3v) is 12.0. The van der Waals surface area contributed by atoms with Crippen molar-refractivity contribution >= 4 is 30.4 Å². The van der Waals surface area contributed by atoms with Crippen molar-refractivity contribution in [3.05, 3.63) is 0 Å². The van der Waals surface area contributed by atoms with E-state index >= 15 is 0 Å². The Balaban J connectivity index is -0.000000182. The van der Waals surface area contributed by atoms with Gasteiger partial charge in [0.05, 0.1) is 0 Å². The van der Waals surface area contributed by atoms with Gasteiger partial charge in [-0.3, -0.25) is 0 Å². The molecule has 0 aliphatic carbocycles. The van der Waals surface area contributed by atoms with Crippen molar-refractivity contribution in [1.82, 2.24) is 0 Å². The first-order valence-electron chi connectivity index (χ1n) is 10.3. The quantitative estimate of drug-likeness (QED) is 0.201. The van der Waals surface area contributed by atoms with Crippen LogP contribution in [0.2, 0.25) is 0 Å². The molecule has 0 aromatic rings. The molecule has 0 N–H and O–H groups in total. The molecule has 0 unspecified atom stereocenters. The van der Waals surface area contributed by atoms with E-state index in [0.717, 1.165) is 0 Å². The first-order chi connectivity index (χ1) is 13.0. The normalized spacial score (nSPS) is 14.1. The van der Waals surface area contributed by atoms with Crippen molar-refractivity contribution in [3.63, 3.8) is 0 Å². The highest BCUT2D eigenvalue weighted by atomic mass is 31.1. The van der Waals surface area contributed by atoms with Gasteiger partial charge in [-0.05, 0) is 39.4 Å². The predicted molar refractivity (Wildman–Crippen MR) is 130 cm³/mol. The van der Waals surface area contributed by atoms with Crippen LogP contribution in [-0.4, -0.2) is 47.5 Å². The Morgan fingerprint density at radius 1 is 0.452 bits per heavy atom. The average molecular weight is 508 g/mol. The summed E-state index contributed by atoms with van der Waals surface area (Å²) in [7, 11) is -11.9. The summed E-state index contributed by atoms with van der Waals surface area (Å²) in [6, 6.07) is 0. The van der Waals surface area contributed by atoms with Gasteiger partial charge in [-0.15, -0.1) is 0 Å². The minimum atomic E-state index is -6.00. The van der Waals surface area contributed by atoms with Crippen LogP contribution in [0.15, 0.2) is 0 Å². The summed E-state index contributed by atoms with van der Waals surface area (Å²) in [5.74, 6) is 0. The SMILES string of the molecule is CC(C)(C)P(CCCP(C(C)(C)C)C(C)(C)C)C(C)(C)C.F[B-](F)(F)F.F[B-](F)(F)F.[H+].[H+]. The zero-order valence-corrected chi connectivity index (χ0v) is 23.0. The van der Waals surface area contributed by atoms with E-state index in [1.165, 1.54) is 18.7 Å². The van der Waals surface area contributed by atoms with Gasteiger partial charge in [-0.2, -0.15) is 0 Å². The fraction of sp³-hybridized carbons (Fsp3) is 1.00.